The van der Waals surface area contributed by atoms with Gasteiger partial charge < -0.3 is 10.1 Å². The second kappa shape index (κ2) is 8.77. The fourth-order valence-electron chi connectivity index (χ4n) is 2.37. The van der Waals surface area contributed by atoms with Crippen LogP contribution >= 0.6 is 0 Å². The van der Waals surface area contributed by atoms with Gasteiger partial charge in [0.25, 0.3) is 0 Å². The van der Waals surface area contributed by atoms with Gasteiger partial charge in [0.1, 0.15) is 11.6 Å². The van der Waals surface area contributed by atoms with Crippen molar-refractivity contribution < 1.29 is 22.3 Å². The number of sulfonamides is 1. The summed E-state index contributed by atoms with van der Waals surface area (Å²) in [6.07, 6.45) is 1.19. The predicted octanol–water partition coefficient (Wildman–Crippen LogP) is 2.28. The van der Waals surface area contributed by atoms with Gasteiger partial charge in [0, 0.05) is 18.3 Å². The molecule has 8 heteroatoms. The lowest BCUT2D eigenvalue weighted by Gasteiger charge is -2.19. The van der Waals surface area contributed by atoms with E-state index in [1.54, 1.807) is 42.5 Å². The van der Waals surface area contributed by atoms with E-state index in [1.807, 2.05) is 0 Å². The van der Waals surface area contributed by atoms with Crippen molar-refractivity contribution in [1.29, 1.82) is 0 Å². The molecule has 0 atom stereocenters. The maximum absolute atomic E-state index is 13.7. The molecule has 2 aromatic rings. The highest BCUT2D eigenvalue weighted by atomic mass is 32.2. The molecule has 0 heterocycles. The summed E-state index contributed by atoms with van der Waals surface area (Å²) < 4.78 is 43.7. The Morgan fingerprint density at radius 2 is 1.92 bits per heavy atom. The average Bonchev–Trinajstić information content (AvgIpc) is 2.59. The number of hydrogen-bond acceptors (Lipinski definition) is 4. The number of nitrogens with one attached hydrogen (secondary N) is 1. The standard InChI is InChI=1S/C18H21FN2O4S/c1-25-16-8-5-7-15(12-16)20-18(22)13-21(26(2,23)24)11-10-14-6-3-4-9-17(14)19/h3-9,12H,10-11,13H2,1-2H3,(H,20,22). The first-order valence-corrected chi connectivity index (χ1v) is 9.77. The molecule has 1 amide bonds. The summed E-state index contributed by atoms with van der Waals surface area (Å²) in [5.41, 5.74) is 0.895. The number of rotatable bonds is 8. The van der Waals surface area contributed by atoms with E-state index in [1.165, 1.54) is 13.2 Å². The van der Waals surface area contributed by atoms with Crippen LogP contribution in [0.4, 0.5) is 10.1 Å². The Bertz CT molecular complexity index is 871. The molecular weight excluding hydrogens is 359 g/mol. The number of amides is 1. The van der Waals surface area contributed by atoms with Crippen LogP contribution in [0.25, 0.3) is 0 Å². The van der Waals surface area contributed by atoms with Crippen LogP contribution in [0.3, 0.4) is 0 Å². The Morgan fingerprint density at radius 1 is 1.19 bits per heavy atom. The van der Waals surface area contributed by atoms with Crippen molar-refractivity contribution in [2.75, 3.05) is 31.8 Å². The molecule has 0 bridgehead atoms. The molecule has 0 aliphatic rings. The first kappa shape index (κ1) is 19.9. The van der Waals surface area contributed by atoms with E-state index < -0.39 is 21.7 Å². The molecule has 2 rings (SSSR count). The highest BCUT2D eigenvalue weighted by Crippen LogP contribution is 2.17. The van der Waals surface area contributed by atoms with Crippen molar-refractivity contribution in [2.24, 2.45) is 0 Å². The minimum atomic E-state index is -3.62. The van der Waals surface area contributed by atoms with Crippen LogP contribution in [0.15, 0.2) is 48.5 Å². The molecule has 0 aromatic heterocycles. The van der Waals surface area contributed by atoms with Gasteiger partial charge in [-0.25, -0.2) is 12.8 Å². The van der Waals surface area contributed by atoms with Crippen LogP contribution in [0.1, 0.15) is 5.56 Å². The summed E-state index contributed by atoms with van der Waals surface area (Å²) in [6, 6.07) is 12.9. The van der Waals surface area contributed by atoms with E-state index in [2.05, 4.69) is 5.32 Å². The van der Waals surface area contributed by atoms with Gasteiger partial charge in [-0.3, -0.25) is 4.79 Å². The van der Waals surface area contributed by atoms with Crippen molar-refractivity contribution in [3.05, 3.63) is 59.9 Å². The monoisotopic (exact) mass is 380 g/mol. The number of benzene rings is 2. The number of nitrogens with zero attached hydrogens (tertiary/aromatic N) is 1. The fraction of sp³-hybridized carbons (Fsp3) is 0.278. The van der Waals surface area contributed by atoms with Crippen molar-refractivity contribution in [3.8, 4) is 5.75 Å². The molecule has 1 N–H and O–H groups in total. The summed E-state index contributed by atoms with van der Waals surface area (Å²) in [6.45, 7) is -0.351. The van der Waals surface area contributed by atoms with E-state index >= 15 is 0 Å². The van der Waals surface area contributed by atoms with Gasteiger partial charge in [0.15, 0.2) is 0 Å². The van der Waals surface area contributed by atoms with E-state index in [0.717, 1.165) is 10.6 Å². The van der Waals surface area contributed by atoms with Gasteiger partial charge in [0.2, 0.25) is 15.9 Å². The third-order valence-corrected chi connectivity index (χ3v) is 4.98. The SMILES string of the molecule is COc1cccc(NC(=O)CN(CCc2ccccc2F)S(C)(=O)=O)c1. The number of anilines is 1. The first-order chi connectivity index (χ1) is 12.3. The molecular formula is C18H21FN2O4S. The Balaban J connectivity index is 2.03. The third-order valence-electron chi connectivity index (χ3n) is 3.73. The Hall–Kier alpha value is -2.45. The fourth-order valence-corrected chi connectivity index (χ4v) is 3.14. The second-order valence-corrected chi connectivity index (χ2v) is 7.70. The molecule has 140 valence electrons. The third kappa shape index (κ3) is 5.82. The number of ether oxygens (including phenoxy) is 1. The Morgan fingerprint density at radius 3 is 2.58 bits per heavy atom. The number of methoxy groups -OCH3 is 1. The molecule has 6 nitrogen and oxygen atoms in total. The van der Waals surface area contributed by atoms with Crippen LogP contribution < -0.4 is 10.1 Å². The lowest BCUT2D eigenvalue weighted by atomic mass is 10.1. The van der Waals surface area contributed by atoms with Gasteiger partial charge >= 0.3 is 0 Å². The molecule has 0 spiro atoms. The lowest BCUT2D eigenvalue weighted by molar-refractivity contribution is -0.116. The molecule has 0 saturated carbocycles. The molecule has 0 saturated heterocycles. The predicted molar refractivity (Wildman–Crippen MR) is 98.1 cm³/mol. The van der Waals surface area contributed by atoms with Gasteiger partial charge in [-0.2, -0.15) is 4.31 Å². The van der Waals surface area contributed by atoms with Crippen molar-refractivity contribution in [1.82, 2.24) is 4.31 Å². The van der Waals surface area contributed by atoms with Gasteiger partial charge in [-0.1, -0.05) is 24.3 Å². The number of carbonyl (C=O) groups is 1. The average molecular weight is 380 g/mol. The largest absolute Gasteiger partial charge is 0.497 e. The van der Waals surface area contributed by atoms with Gasteiger partial charge in [-0.15, -0.1) is 0 Å². The maximum Gasteiger partial charge on any atom is 0.239 e. The van der Waals surface area contributed by atoms with Crippen LogP contribution in [0.2, 0.25) is 0 Å². The Labute approximate surface area is 152 Å². The van der Waals surface area contributed by atoms with Gasteiger partial charge in [0.05, 0.1) is 19.9 Å². The van der Waals surface area contributed by atoms with Crippen molar-refractivity contribution >= 4 is 21.6 Å². The highest BCUT2D eigenvalue weighted by molar-refractivity contribution is 7.88. The van der Waals surface area contributed by atoms with Crippen LogP contribution in [0.5, 0.6) is 5.75 Å². The summed E-state index contributed by atoms with van der Waals surface area (Å²) >= 11 is 0. The first-order valence-electron chi connectivity index (χ1n) is 7.92. The zero-order valence-corrected chi connectivity index (χ0v) is 15.4. The van der Waals surface area contributed by atoms with Crippen molar-refractivity contribution in [2.45, 2.75) is 6.42 Å². The zero-order chi connectivity index (χ0) is 19.2. The van der Waals surface area contributed by atoms with Crippen LogP contribution in [0, 0.1) is 5.82 Å². The maximum atomic E-state index is 13.7. The Kier molecular flexibility index (Phi) is 6.70. The number of hydrogen-bond donors (Lipinski definition) is 1. The number of carbonyl (C=O) groups excluding carboxylic acids is 1. The number of halogens is 1. The topological polar surface area (TPSA) is 75.7 Å². The minimum absolute atomic E-state index is 0.00526. The highest BCUT2D eigenvalue weighted by Gasteiger charge is 2.20. The summed E-state index contributed by atoms with van der Waals surface area (Å²) in [5.74, 6) is -0.318. The molecule has 26 heavy (non-hydrogen) atoms. The summed E-state index contributed by atoms with van der Waals surface area (Å²) in [4.78, 5) is 12.2. The molecule has 0 aliphatic carbocycles. The molecule has 2 aromatic carbocycles. The molecule has 0 aliphatic heterocycles. The van der Waals surface area contributed by atoms with E-state index in [0.29, 0.717) is 17.0 Å². The normalized spacial score (nSPS) is 11.4. The smallest absolute Gasteiger partial charge is 0.239 e. The molecule has 0 fully saturated rings. The van der Waals surface area contributed by atoms with E-state index in [9.17, 15) is 17.6 Å². The summed E-state index contributed by atoms with van der Waals surface area (Å²) in [5, 5.41) is 2.63. The lowest BCUT2D eigenvalue weighted by Crippen LogP contribution is -2.38. The van der Waals surface area contributed by atoms with E-state index in [-0.39, 0.29) is 19.5 Å². The summed E-state index contributed by atoms with van der Waals surface area (Å²) in [7, 11) is -2.11. The molecule has 0 unspecified atom stereocenters. The van der Waals surface area contributed by atoms with E-state index in [4.69, 9.17) is 4.74 Å². The minimum Gasteiger partial charge on any atom is -0.497 e. The van der Waals surface area contributed by atoms with Crippen LogP contribution in [-0.2, 0) is 21.2 Å². The van der Waals surface area contributed by atoms with Crippen LogP contribution in [-0.4, -0.2) is 45.1 Å². The van der Waals surface area contributed by atoms with Crippen molar-refractivity contribution in [3.63, 3.8) is 0 Å². The van der Waals surface area contributed by atoms with Gasteiger partial charge in [-0.05, 0) is 30.2 Å². The zero-order valence-electron chi connectivity index (χ0n) is 14.6. The second-order valence-electron chi connectivity index (χ2n) is 5.72. The quantitative estimate of drug-likeness (QED) is 0.762. The molecule has 0 radical (unpaired) electrons.